The molecule has 19 heavy (non-hydrogen) atoms. The Labute approximate surface area is 113 Å². The topological polar surface area (TPSA) is 84.7 Å². The first-order chi connectivity index (χ1) is 8.97. The molecule has 0 spiro atoms. The summed E-state index contributed by atoms with van der Waals surface area (Å²) >= 11 is 0. The molecule has 0 aromatic carbocycles. The lowest BCUT2D eigenvalue weighted by Crippen LogP contribution is -2.39. The van der Waals surface area contributed by atoms with Gasteiger partial charge in [-0.25, -0.2) is 0 Å². The van der Waals surface area contributed by atoms with Gasteiger partial charge in [0.15, 0.2) is 0 Å². The van der Waals surface area contributed by atoms with Gasteiger partial charge in [-0.1, -0.05) is 0 Å². The molecule has 110 valence electrons. The van der Waals surface area contributed by atoms with E-state index in [2.05, 4.69) is 10.2 Å². The van der Waals surface area contributed by atoms with Gasteiger partial charge in [-0.15, -0.1) is 10.1 Å². The lowest BCUT2D eigenvalue weighted by Gasteiger charge is -2.28. The third-order valence-corrected chi connectivity index (χ3v) is 3.41. The molecule has 1 rings (SSSR count). The predicted molar refractivity (Wildman–Crippen MR) is 70.0 cm³/mol. The molecule has 0 radical (unpaired) electrons. The Balaban J connectivity index is 2.15. The first-order valence-corrected chi connectivity index (χ1v) is 6.68. The fourth-order valence-corrected chi connectivity index (χ4v) is 2.26. The number of rotatable bonds is 7. The number of amides is 1. The molecule has 7 heteroatoms. The van der Waals surface area contributed by atoms with E-state index in [9.17, 15) is 14.9 Å². The van der Waals surface area contributed by atoms with E-state index in [0.717, 1.165) is 32.2 Å². The molecule has 0 aromatic rings. The quantitative estimate of drug-likeness (QED) is 0.548. The zero-order valence-corrected chi connectivity index (χ0v) is 11.6. The zero-order valence-electron chi connectivity index (χ0n) is 11.6. The van der Waals surface area contributed by atoms with E-state index in [1.54, 1.807) is 0 Å². The molecule has 1 aliphatic rings. The lowest BCUT2D eigenvalue weighted by molar-refractivity contribution is -0.759. The molecule has 0 unspecified atom stereocenters. The molecular formula is C12H23N3O4. The van der Waals surface area contributed by atoms with Crippen LogP contribution < -0.4 is 5.32 Å². The monoisotopic (exact) mass is 273 g/mol. The fourth-order valence-electron chi connectivity index (χ4n) is 2.26. The van der Waals surface area contributed by atoms with Crippen molar-refractivity contribution < 1.29 is 14.7 Å². The molecular weight excluding hydrogens is 250 g/mol. The highest BCUT2D eigenvalue weighted by Gasteiger charge is 2.23. The minimum Gasteiger partial charge on any atom is -0.353 e. The standard InChI is InChI=1S/C12H23N3O4/c1-14(2)8-7-12(16)13-11-5-3-10(4-6-11)9-19-15(17)18/h10-11H,3-9H2,1-2H3,(H,13,16)/t10-,11-. The first-order valence-electron chi connectivity index (χ1n) is 6.68. The maximum Gasteiger partial charge on any atom is 0.294 e. The highest BCUT2D eigenvalue weighted by Crippen LogP contribution is 2.24. The molecule has 0 saturated heterocycles. The van der Waals surface area contributed by atoms with Gasteiger partial charge in [0.1, 0.15) is 0 Å². The van der Waals surface area contributed by atoms with Gasteiger partial charge in [0, 0.05) is 19.0 Å². The van der Waals surface area contributed by atoms with Crippen molar-refractivity contribution >= 4 is 5.91 Å². The van der Waals surface area contributed by atoms with Crippen LogP contribution in [0.25, 0.3) is 0 Å². The van der Waals surface area contributed by atoms with Gasteiger partial charge in [-0.3, -0.25) is 4.79 Å². The van der Waals surface area contributed by atoms with Crippen LogP contribution in [0.1, 0.15) is 32.1 Å². The van der Waals surface area contributed by atoms with Crippen LogP contribution in [0.2, 0.25) is 0 Å². The number of carbonyl (C=O) groups excluding carboxylic acids is 1. The Kier molecular flexibility index (Phi) is 6.55. The Bertz CT molecular complexity index is 301. The lowest BCUT2D eigenvalue weighted by atomic mass is 9.86. The van der Waals surface area contributed by atoms with Gasteiger partial charge in [0.05, 0.1) is 6.61 Å². The summed E-state index contributed by atoms with van der Waals surface area (Å²) in [6, 6.07) is 0.210. The molecule has 1 saturated carbocycles. The Morgan fingerprint density at radius 1 is 1.37 bits per heavy atom. The Morgan fingerprint density at radius 3 is 2.53 bits per heavy atom. The van der Waals surface area contributed by atoms with Crippen molar-refractivity contribution in [1.29, 1.82) is 0 Å². The zero-order chi connectivity index (χ0) is 14.3. The highest BCUT2D eigenvalue weighted by atomic mass is 16.9. The van der Waals surface area contributed by atoms with E-state index < -0.39 is 5.09 Å². The number of nitrogens with one attached hydrogen (secondary N) is 1. The van der Waals surface area contributed by atoms with Crippen LogP contribution in [0.3, 0.4) is 0 Å². The van der Waals surface area contributed by atoms with Gasteiger partial charge in [0.2, 0.25) is 5.91 Å². The second kappa shape index (κ2) is 7.93. The van der Waals surface area contributed by atoms with Crippen molar-refractivity contribution in [2.45, 2.75) is 38.1 Å². The molecule has 0 bridgehead atoms. The van der Waals surface area contributed by atoms with Crippen molar-refractivity contribution in [3.8, 4) is 0 Å². The average molecular weight is 273 g/mol. The summed E-state index contributed by atoms with van der Waals surface area (Å²) in [6.45, 7) is 0.923. The van der Waals surface area contributed by atoms with Crippen LogP contribution >= 0.6 is 0 Å². The minimum atomic E-state index is -0.741. The Morgan fingerprint density at radius 2 is 2.00 bits per heavy atom. The van der Waals surface area contributed by atoms with Crippen LogP contribution in [0, 0.1) is 16.0 Å². The largest absolute Gasteiger partial charge is 0.353 e. The third kappa shape index (κ3) is 6.95. The van der Waals surface area contributed by atoms with Crippen LogP contribution in [-0.4, -0.2) is 49.2 Å². The van der Waals surface area contributed by atoms with Crippen LogP contribution in [-0.2, 0) is 9.63 Å². The molecule has 0 aliphatic heterocycles. The van der Waals surface area contributed by atoms with Gasteiger partial charge >= 0.3 is 0 Å². The summed E-state index contributed by atoms with van der Waals surface area (Å²) in [5, 5.41) is 12.4. The summed E-state index contributed by atoms with van der Waals surface area (Å²) in [7, 11) is 3.88. The van der Waals surface area contributed by atoms with Gasteiger partial charge in [-0.05, 0) is 45.7 Å². The van der Waals surface area contributed by atoms with Crippen molar-refractivity contribution in [2.24, 2.45) is 5.92 Å². The molecule has 1 fully saturated rings. The van der Waals surface area contributed by atoms with Gasteiger partial charge in [-0.2, -0.15) is 0 Å². The summed E-state index contributed by atoms with van der Waals surface area (Å²) in [5.74, 6) is 0.319. The normalized spacial score (nSPS) is 23.1. The van der Waals surface area contributed by atoms with E-state index in [0.29, 0.717) is 6.42 Å². The number of carbonyl (C=O) groups is 1. The van der Waals surface area contributed by atoms with Crippen molar-refractivity contribution in [1.82, 2.24) is 10.2 Å². The fraction of sp³-hybridized carbons (Fsp3) is 0.917. The van der Waals surface area contributed by atoms with Gasteiger partial charge in [0.25, 0.3) is 5.09 Å². The molecule has 0 heterocycles. The Hall–Kier alpha value is -1.37. The SMILES string of the molecule is CN(C)CCC(=O)N[C@H]1CC[C@H](CO[N+](=O)[O-])CC1. The van der Waals surface area contributed by atoms with Crippen LogP contribution in [0.5, 0.6) is 0 Å². The second-order valence-electron chi connectivity index (χ2n) is 5.36. The predicted octanol–water partition coefficient (Wildman–Crippen LogP) is 0.821. The summed E-state index contributed by atoms with van der Waals surface area (Å²) in [4.78, 5) is 28.1. The minimum absolute atomic E-state index is 0.0821. The van der Waals surface area contributed by atoms with E-state index in [1.165, 1.54) is 0 Å². The summed E-state index contributed by atoms with van der Waals surface area (Å²) in [6.07, 6.45) is 4.00. The first kappa shape index (κ1) is 15.7. The summed E-state index contributed by atoms with van der Waals surface area (Å²) in [5.41, 5.74) is 0. The smallest absolute Gasteiger partial charge is 0.294 e. The van der Waals surface area contributed by atoms with E-state index in [1.807, 2.05) is 19.0 Å². The highest BCUT2D eigenvalue weighted by molar-refractivity contribution is 5.76. The maximum atomic E-state index is 11.7. The molecule has 1 amide bonds. The van der Waals surface area contributed by atoms with Crippen molar-refractivity contribution in [2.75, 3.05) is 27.2 Å². The molecule has 1 aliphatic carbocycles. The molecule has 7 nitrogen and oxygen atoms in total. The maximum absolute atomic E-state index is 11.7. The van der Waals surface area contributed by atoms with E-state index in [-0.39, 0.29) is 24.5 Å². The van der Waals surface area contributed by atoms with Crippen LogP contribution in [0.15, 0.2) is 0 Å². The van der Waals surface area contributed by atoms with Crippen molar-refractivity contribution in [3.05, 3.63) is 10.1 Å². The second-order valence-corrected chi connectivity index (χ2v) is 5.36. The average Bonchev–Trinajstić information content (AvgIpc) is 2.35. The number of hydrogen-bond donors (Lipinski definition) is 1. The molecule has 0 atom stereocenters. The third-order valence-electron chi connectivity index (χ3n) is 3.41. The van der Waals surface area contributed by atoms with Crippen LogP contribution in [0.4, 0.5) is 0 Å². The molecule has 0 aromatic heterocycles. The van der Waals surface area contributed by atoms with Gasteiger partial charge < -0.3 is 15.1 Å². The number of hydrogen-bond acceptors (Lipinski definition) is 5. The van der Waals surface area contributed by atoms with E-state index in [4.69, 9.17) is 0 Å². The number of nitrogens with zero attached hydrogens (tertiary/aromatic N) is 2. The van der Waals surface area contributed by atoms with E-state index >= 15 is 0 Å². The van der Waals surface area contributed by atoms with Crippen molar-refractivity contribution in [3.63, 3.8) is 0 Å². The molecule has 1 N–H and O–H groups in total. The summed E-state index contributed by atoms with van der Waals surface area (Å²) < 4.78 is 0.